The second-order valence-corrected chi connectivity index (χ2v) is 2.37. The minimum atomic E-state index is -0.225. The third-order valence-electron chi connectivity index (χ3n) is 1.41. The number of esters is 1. The molecule has 0 aliphatic carbocycles. The summed E-state index contributed by atoms with van der Waals surface area (Å²) < 4.78 is 4.76. The van der Waals surface area contributed by atoms with E-state index < -0.39 is 0 Å². The van der Waals surface area contributed by atoms with Gasteiger partial charge < -0.3 is 4.74 Å². The van der Waals surface area contributed by atoms with Crippen LogP contribution in [0.25, 0.3) is 0 Å². The highest BCUT2D eigenvalue weighted by molar-refractivity contribution is 5.65. The van der Waals surface area contributed by atoms with E-state index in [1.165, 1.54) is 6.92 Å². The summed E-state index contributed by atoms with van der Waals surface area (Å²) in [4.78, 5) is 12.3. The van der Waals surface area contributed by atoms with Gasteiger partial charge in [-0.05, 0) is 0 Å². The maximum Gasteiger partial charge on any atom is 0.302 e. The molecule has 0 spiro atoms. The molecule has 4 heteroatoms. The molecule has 1 heterocycles. The Morgan fingerprint density at radius 3 is 3.18 bits per heavy atom. The maximum atomic E-state index is 10.3. The van der Waals surface area contributed by atoms with Crippen molar-refractivity contribution in [2.75, 3.05) is 26.2 Å². The Balaban J connectivity index is 1.98. The smallest absolute Gasteiger partial charge is 0.302 e. The van der Waals surface area contributed by atoms with Gasteiger partial charge in [0.2, 0.25) is 0 Å². The molecule has 4 nitrogen and oxygen atoms in total. The van der Waals surface area contributed by atoms with Crippen LogP contribution in [0.5, 0.6) is 0 Å². The van der Waals surface area contributed by atoms with Crippen molar-refractivity contribution < 1.29 is 9.53 Å². The van der Waals surface area contributed by atoms with E-state index in [2.05, 4.69) is 12.0 Å². The SMILES string of the molecule is CC(=O)OCCN1[C]NCC1. The van der Waals surface area contributed by atoms with Gasteiger partial charge in [0.25, 0.3) is 0 Å². The molecule has 0 bridgehead atoms. The summed E-state index contributed by atoms with van der Waals surface area (Å²) in [7, 11) is 0. The van der Waals surface area contributed by atoms with E-state index in [-0.39, 0.29) is 5.97 Å². The van der Waals surface area contributed by atoms with E-state index >= 15 is 0 Å². The minimum Gasteiger partial charge on any atom is -0.465 e. The zero-order chi connectivity index (χ0) is 8.10. The Labute approximate surface area is 66.5 Å². The molecule has 1 fully saturated rings. The summed E-state index contributed by atoms with van der Waals surface area (Å²) >= 11 is 0. The van der Waals surface area contributed by atoms with E-state index in [1.807, 2.05) is 4.90 Å². The van der Waals surface area contributed by atoms with Crippen molar-refractivity contribution in [1.29, 1.82) is 0 Å². The highest BCUT2D eigenvalue weighted by Gasteiger charge is 2.11. The topological polar surface area (TPSA) is 41.6 Å². The highest BCUT2D eigenvalue weighted by Crippen LogP contribution is 1.95. The van der Waals surface area contributed by atoms with Gasteiger partial charge in [-0.1, -0.05) is 0 Å². The molecule has 0 saturated carbocycles. The third kappa shape index (κ3) is 3.34. The number of hydrogen-bond acceptors (Lipinski definition) is 4. The van der Waals surface area contributed by atoms with Crippen LogP contribution >= 0.6 is 0 Å². The van der Waals surface area contributed by atoms with Crippen molar-refractivity contribution in [3.8, 4) is 0 Å². The number of hydrogen-bond donors (Lipinski definition) is 1. The van der Waals surface area contributed by atoms with Gasteiger partial charge in [0, 0.05) is 26.6 Å². The predicted molar refractivity (Wildman–Crippen MR) is 39.5 cm³/mol. The molecule has 2 radical (unpaired) electrons. The molecule has 11 heavy (non-hydrogen) atoms. The van der Waals surface area contributed by atoms with E-state index in [1.54, 1.807) is 0 Å². The molecular formula is C7H12N2O2. The summed E-state index contributed by atoms with van der Waals surface area (Å²) in [5.41, 5.74) is 0. The summed E-state index contributed by atoms with van der Waals surface area (Å²) in [5.74, 6) is -0.225. The fourth-order valence-electron chi connectivity index (χ4n) is 0.882. The average Bonchev–Trinajstić information content (AvgIpc) is 2.39. The highest BCUT2D eigenvalue weighted by atomic mass is 16.5. The molecule has 0 aromatic rings. The maximum absolute atomic E-state index is 10.3. The van der Waals surface area contributed by atoms with Crippen LogP contribution in [-0.4, -0.2) is 37.1 Å². The Morgan fingerprint density at radius 2 is 2.64 bits per heavy atom. The van der Waals surface area contributed by atoms with Crippen molar-refractivity contribution in [2.24, 2.45) is 0 Å². The number of ether oxygens (including phenoxy) is 1. The van der Waals surface area contributed by atoms with Gasteiger partial charge in [-0.2, -0.15) is 0 Å². The van der Waals surface area contributed by atoms with Gasteiger partial charge in [0.15, 0.2) is 0 Å². The zero-order valence-corrected chi connectivity index (χ0v) is 6.59. The number of carbonyl (C=O) groups is 1. The van der Waals surface area contributed by atoms with E-state index in [0.717, 1.165) is 19.6 Å². The van der Waals surface area contributed by atoms with Crippen LogP contribution in [0.1, 0.15) is 6.92 Å². The Bertz CT molecular complexity index is 132. The summed E-state index contributed by atoms with van der Waals surface area (Å²) in [6.45, 7) is 7.39. The molecule has 0 atom stereocenters. The van der Waals surface area contributed by atoms with Crippen LogP contribution in [0.15, 0.2) is 0 Å². The normalized spacial score (nSPS) is 18.6. The molecular weight excluding hydrogens is 144 g/mol. The molecule has 0 aromatic carbocycles. The fraction of sp³-hybridized carbons (Fsp3) is 0.714. The molecule has 0 aromatic heterocycles. The number of carbonyl (C=O) groups excluding carboxylic acids is 1. The predicted octanol–water partition coefficient (Wildman–Crippen LogP) is -0.549. The minimum absolute atomic E-state index is 0.225. The average molecular weight is 156 g/mol. The first-order chi connectivity index (χ1) is 5.29. The van der Waals surface area contributed by atoms with Crippen molar-refractivity contribution in [3.63, 3.8) is 0 Å². The third-order valence-corrected chi connectivity index (χ3v) is 1.41. The zero-order valence-electron chi connectivity index (χ0n) is 6.59. The lowest BCUT2D eigenvalue weighted by molar-refractivity contribution is -0.141. The Hall–Kier alpha value is -0.610. The second kappa shape index (κ2) is 4.31. The largest absolute Gasteiger partial charge is 0.465 e. The Morgan fingerprint density at radius 1 is 1.82 bits per heavy atom. The molecule has 1 saturated heterocycles. The molecule has 0 amide bonds. The summed E-state index contributed by atoms with van der Waals surface area (Å²) in [6, 6.07) is 0. The monoisotopic (exact) mass is 156 g/mol. The van der Waals surface area contributed by atoms with Gasteiger partial charge in [-0.25, -0.2) is 0 Å². The first-order valence-electron chi connectivity index (χ1n) is 3.66. The molecule has 1 aliphatic heterocycles. The van der Waals surface area contributed by atoms with Gasteiger partial charge in [0.1, 0.15) is 13.3 Å². The van der Waals surface area contributed by atoms with Crippen LogP contribution in [0.2, 0.25) is 0 Å². The van der Waals surface area contributed by atoms with E-state index in [0.29, 0.717) is 6.61 Å². The van der Waals surface area contributed by atoms with Gasteiger partial charge in [0.05, 0.1) is 0 Å². The molecule has 62 valence electrons. The number of rotatable bonds is 3. The number of nitrogens with one attached hydrogen (secondary N) is 1. The van der Waals surface area contributed by atoms with E-state index in [4.69, 9.17) is 4.74 Å². The van der Waals surface area contributed by atoms with Crippen molar-refractivity contribution in [2.45, 2.75) is 6.92 Å². The van der Waals surface area contributed by atoms with Crippen LogP contribution in [0.4, 0.5) is 0 Å². The molecule has 0 unspecified atom stereocenters. The standard InChI is InChI=1S/C7H12N2O2/c1-7(10)11-5-4-9-3-2-8-6-9/h8H,2-5H2,1H3. The van der Waals surface area contributed by atoms with Crippen molar-refractivity contribution in [3.05, 3.63) is 6.67 Å². The Kier molecular flexibility index (Phi) is 3.32. The lowest BCUT2D eigenvalue weighted by Crippen LogP contribution is -2.23. The van der Waals surface area contributed by atoms with Crippen molar-refractivity contribution >= 4 is 5.97 Å². The van der Waals surface area contributed by atoms with Gasteiger partial charge >= 0.3 is 5.97 Å². The first kappa shape index (κ1) is 8.49. The van der Waals surface area contributed by atoms with E-state index in [9.17, 15) is 4.79 Å². The summed E-state index contributed by atoms with van der Waals surface area (Å²) in [6.07, 6.45) is 0. The second-order valence-electron chi connectivity index (χ2n) is 2.37. The van der Waals surface area contributed by atoms with Crippen LogP contribution in [-0.2, 0) is 9.53 Å². The van der Waals surface area contributed by atoms with Gasteiger partial charge in [-0.15, -0.1) is 0 Å². The first-order valence-corrected chi connectivity index (χ1v) is 3.66. The lowest BCUT2D eigenvalue weighted by atomic mass is 10.5. The van der Waals surface area contributed by atoms with Gasteiger partial charge in [-0.3, -0.25) is 15.0 Å². The lowest BCUT2D eigenvalue weighted by Gasteiger charge is -2.10. The quantitative estimate of drug-likeness (QED) is 0.557. The number of nitrogens with zero attached hydrogens (tertiary/aromatic N) is 1. The van der Waals surface area contributed by atoms with Crippen LogP contribution in [0, 0.1) is 6.67 Å². The van der Waals surface area contributed by atoms with Crippen molar-refractivity contribution in [1.82, 2.24) is 10.2 Å². The van der Waals surface area contributed by atoms with Crippen LogP contribution in [0.3, 0.4) is 0 Å². The molecule has 1 aliphatic rings. The van der Waals surface area contributed by atoms with Crippen LogP contribution < -0.4 is 5.32 Å². The fourth-order valence-corrected chi connectivity index (χ4v) is 0.882. The summed E-state index contributed by atoms with van der Waals surface area (Å²) in [5, 5.41) is 2.95. The molecule has 1 N–H and O–H groups in total. The molecule has 1 rings (SSSR count).